The first-order valence-electron chi connectivity index (χ1n) is 7.47. The Labute approximate surface area is 138 Å². The molecular formula is C18H17N3O3. The van der Waals surface area contributed by atoms with Gasteiger partial charge in [-0.2, -0.15) is 0 Å². The van der Waals surface area contributed by atoms with E-state index in [0.717, 1.165) is 5.56 Å². The van der Waals surface area contributed by atoms with Gasteiger partial charge in [-0.05, 0) is 30.7 Å². The minimum absolute atomic E-state index is 0.104. The van der Waals surface area contributed by atoms with Crippen LogP contribution in [0.5, 0.6) is 5.75 Å². The van der Waals surface area contributed by atoms with Crippen molar-refractivity contribution in [3.8, 4) is 5.75 Å². The number of aryl methyl sites for hydroxylation is 1. The van der Waals surface area contributed by atoms with Gasteiger partial charge < -0.3 is 10.1 Å². The van der Waals surface area contributed by atoms with Crippen LogP contribution in [0.2, 0.25) is 0 Å². The lowest BCUT2D eigenvalue weighted by molar-refractivity contribution is -0.116. The number of anilines is 1. The third-order valence-corrected chi connectivity index (χ3v) is 3.72. The number of benzene rings is 2. The largest absolute Gasteiger partial charge is 0.497 e. The number of hydrogen-bond acceptors (Lipinski definition) is 4. The van der Waals surface area contributed by atoms with Crippen molar-refractivity contribution < 1.29 is 9.53 Å². The molecule has 0 radical (unpaired) electrons. The summed E-state index contributed by atoms with van der Waals surface area (Å²) in [6, 6.07) is 12.5. The molecule has 0 atom stereocenters. The van der Waals surface area contributed by atoms with Gasteiger partial charge in [-0.1, -0.05) is 18.2 Å². The average molecular weight is 323 g/mol. The number of amides is 1. The second-order valence-corrected chi connectivity index (χ2v) is 5.43. The fourth-order valence-electron chi connectivity index (χ4n) is 2.51. The molecule has 1 heterocycles. The summed E-state index contributed by atoms with van der Waals surface area (Å²) >= 11 is 0. The minimum Gasteiger partial charge on any atom is -0.497 e. The summed E-state index contributed by atoms with van der Waals surface area (Å²) in [4.78, 5) is 29.0. The number of hydrogen-bond donors (Lipinski definition) is 1. The Hall–Kier alpha value is -3.15. The quantitative estimate of drug-likeness (QED) is 0.800. The third kappa shape index (κ3) is 3.12. The Morgan fingerprint density at radius 3 is 2.83 bits per heavy atom. The highest BCUT2D eigenvalue weighted by molar-refractivity contribution is 5.91. The molecule has 24 heavy (non-hydrogen) atoms. The molecule has 0 bridgehead atoms. The predicted octanol–water partition coefficient (Wildman–Crippen LogP) is 2.35. The maximum absolute atomic E-state index is 12.5. The molecule has 0 unspecified atom stereocenters. The second-order valence-electron chi connectivity index (χ2n) is 5.43. The van der Waals surface area contributed by atoms with Crippen LogP contribution in [0.1, 0.15) is 5.56 Å². The first kappa shape index (κ1) is 15.7. The molecule has 1 amide bonds. The summed E-state index contributed by atoms with van der Waals surface area (Å²) in [6.45, 7) is 1.79. The molecule has 0 aliphatic rings. The topological polar surface area (TPSA) is 73.2 Å². The Morgan fingerprint density at radius 2 is 2.04 bits per heavy atom. The first-order valence-corrected chi connectivity index (χ1v) is 7.47. The highest BCUT2D eigenvalue weighted by atomic mass is 16.5. The smallest absolute Gasteiger partial charge is 0.261 e. The molecule has 6 nitrogen and oxygen atoms in total. The van der Waals surface area contributed by atoms with E-state index >= 15 is 0 Å². The molecular weight excluding hydrogens is 306 g/mol. The van der Waals surface area contributed by atoms with Crippen LogP contribution in [0.15, 0.2) is 53.6 Å². The highest BCUT2D eigenvalue weighted by Gasteiger charge is 2.09. The van der Waals surface area contributed by atoms with Crippen LogP contribution in [-0.4, -0.2) is 22.6 Å². The molecule has 6 heteroatoms. The van der Waals surface area contributed by atoms with Crippen molar-refractivity contribution in [3.63, 3.8) is 0 Å². The van der Waals surface area contributed by atoms with Crippen LogP contribution in [0.3, 0.4) is 0 Å². The van der Waals surface area contributed by atoms with Crippen molar-refractivity contribution in [2.24, 2.45) is 0 Å². The molecule has 2 aromatic carbocycles. The number of carbonyl (C=O) groups excluding carboxylic acids is 1. The first-order chi connectivity index (χ1) is 11.6. The van der Waals surface area contributed by atoms with Crippen molar-refractivity contribution in [2.45, 2.75) is 13.5 Å². The molecule has 1 aromatic heterocycles. The van der Waals surface area contributed by atoms with Crippen LogP contribution < -0.4 is 15.6 Å². The number of nitrogens with zero attached hydrogens (tertiary/aromatic N) is 2. The summed E-state index contributed by atoms with van der Waals surface area (Å²) in [6.07, 6.45) is 1.41. The van der Waals surface area contributed by atoms with Crippen molar-refractivity contribution in [2.75, 3.05) is 12.4 Å². The number of ether oxygens (including phenoxy) is 1. The summed E-state index contributed by atoms with van der Waals surface area (Å²) < 4.78 is 6.42. The zero-order valence-electron chi connectivity index (χ0n) is 13.4. The molecule has 1 N–H and O–H groups in total. The number of para-hydroxylation sites is 1. The van der Waals surface area contributed by atoms with Gasteiger partial charge in [-0.15, -0.1) is 0 Å². The number of carbonyl (C=O) groups is 1. The van der Waals surface area contributed by atoms with Gasteiger partial charge in [0.2, 0.25) is 5.91 Å². The molecule has 0 aliphatic heterocycles. The molecule has 0 saturated heterocycles. The van der Waals surface area contributed by atoms with E-state index in [1.54, 1.807) is 43.5 Å². The summed E-state index contributed by atoms with van der Waals surface area (Å²) in [5, 5.41) is 3.25. The van der Waals surface area contributed by atoms with Crippen LogP contribution >= 0.6 is 0 Å². The van der Waals surface area contributed by atoms with Crippen LogP contribution in [-0.2, 0) is 11.3 Å². The van der Waals surface area contributed by atoms with Gasteiger partial charge in [-0.3, -0.25) is 14.2 Å². The van der Waals surface area contributed by atoms with E-state index < -0.39 is 0 Å². The molecule has 3 rings (SSSR count). The lowest BCUT2D eigenvalue weighted by Gasteiger charge is -2.09. The van der Waals surface area contributed by atoms with E-state index in [1.165, 1.54) is 10.9 Å². The fraction of sp³-hybridized carbons (Fsp3) is 0.167. The average Bonchev–Trinajstić information content (AvgIpc) is 2.58. The fourth-order valence-corrected chi connectivity index (χ4v) is 2.51. The Morgan fingerprint density at radius 1 is 1.25 bits per heavy atom. The van der Waals surface area contributed by atoms with E-state index in [1.807, 2.05) is 13.0 Å². The molecule has 0 fully saturated rings. The second kappa shape index (κ2) is 6.54. The normalized spacial score (nSPS) is 10.6. The standard InChI is InChI=1S/C18H17N3O3/c1-12-5-3-8-15-17(12)19-11-21(18(15)23)10-16(22)20-13-6-4-7-14(9-13)24-2/h3-9,11H,10H2,1-2H3,(H,20,22). The van der Waals surface area contributed by atoms with Crippen LogP contribution in [0.25, 0.3) is 10.9 Å². The predicted molar refractivity (Wildman–Crippen MR) is 92.4 cm³/mol. The van der Waals surface area contributed by atoms with Gasteiger partial charge in [0, 0.05) is 11.8 Å². The number of methoxy groups -OCH3 is 1. The minimum atomic E-state index is -0.306. The van der Waals surface area contributed by atoms with Crippen LogP contribution in [0, 0.1) is 6.92 Å². The lowest BCUT2D eigenvalue weighted by Crippen LogP contribution is -2.28. The maximum atomic E-state index is 12.5. The van der Waals surface area contributed by atoms with Crippen molar-refractivity contribution >= 4 is 22.5 Å². The monoisotopic (exact) mass is 323 g/mol. The van der Waals surface area contributed by atoms with Gasteiger partial charge in [0.05, 0.1) is 24.3 Å². The summed E-state index contributed by atoms with van der Waals surface area (Å²) in [5.41, 5.74) is 1.96. The van der Waals surface area contributed by atoms with Crippen LogP contribution in [0.4, 0.5) is 5.69 Å². The number of rotatable bonds is 4. The third-order valence-electron chi connectivity index (χ3n) is 3.72. The summed E-state index contributed by atoms with van der Waals surface area (Å²) in [5.74, 6) is 0.340. The number of fused-ring (bicyclic) bond motifs is 1. The van der Waals surface area contributed by atoms with Gasteiger partial charge in [0.15, 0.2) is 0 Å². The van der Waals surface area contributed by atoms with Crippen molar-refractivity contribution in [3.05, 3.63) is 64.7 Å². The summed E-state index contributed by atoms with van der Waals surface area (Å²) in [7, 11) is 1.56. The van der Waals surface area contributed by atoms with Gasteiger partial charge in [-0.25, -0.2) is 4.98 Å². The lowest BCUT2D eigenvalue weighted by atomic mass is 10.1. The van der Waals surface area contributed by atoms with Crippen molar-refractivity contribution in [1.29, 1.82) is 0 Å². The van der Waals surface area contributed by atoms with Gasteiger partial charge >= 0.3 is 0 Å². The number of nitrogens with one attached hydrogen (secondary N) is 1. The maximum Gasteiger partial charge on any atom is 0.261 e. The van der Waals surface area contributed by atoms with Gasteiger partial charge in [0.25, 0.3) is 5.56 Å². The molecule has 3 aromatic rings. The number of aromatic nitrogens is 2. The van der Waals surface area contributed by atoms with E-state index in [2.05, 4.69) is 10.3 Å². The van der Waals surface area contributed by atoms with E-state index in [4.69, 9.17) is 4.74 Å². The highest BCUT2D eigenvalue weighted by Crippen LogP contribution is 2.16. The molecule has 0 saturated carbocycles. The molecule has 0 aliphatic carbocycles. The molecule has 122 valence electrons. The van der Waals surface area contributed by atoms with E-state index in [9.17, 15) is 9.59 Å². The Balaban J connectivity index is 1.83. The zero-order chi connectivity index (χ0) is 17.1. The van der Waals surface area contributed by atoms with E-state index in [0.29, 0.717) is 22.3 Å². The SMILES string of the molecule is COc1cccc(NC(=O)Cn2cnc3c(C)cccc3c2=O)c1. The molecule has 0 spiro atoms. The van der Waals surface area contributed by atoms with E-state index in [-0.39, 0.29) is 18.0 Å². The van der Waals surface area contributed by atoms with Gasteiger partial charge in [0.1, 0.15) is 12.3 Å². The Kier molecular flexibility index (Phi) is 4.29. The Bertz CT molecular complexity index is 963. The van der Waals surface area contributed by atoms with Crippen molar-refractivity contribution in [1.82, 2.24) is 9.55 Å². The zero-order valence-corrected chi connectivity index (χ0v) is 13.4.